The van der Waals surface area contributed by atoms with Crippen LogP contribution in [0.5, 0.6) is 23.0 Å². The van der Waals surface area contributed by atoms with E-state index in [-0.39, 0.29) is 29.3 Å². The minimum atomic E-state index is -0.606. The minimum absolute atomic E-state index is 0. The van der Waals surface area contributed by atoms with E-state index in [1.165, 1.54) is 12.1 Å². The molecule has 218 valence electrons. The summed E-state index contributed by atoms with van der Waals surface area (Å²) in [6.07, 6.45) is 2.43. The summed E-state index contributed by atoms with van der Waals surface area (Å²) in [6, 6.07) is 9.16. The zero-order valence-corrected chi connectivity index (χ0v) is 24.2. The van der Waals surface area contributed by atoms with Crippen LogP contribution in [0, 0.1) is 11.2 Å². The van der Waals surface area contributed by atoms with Gasteiger partial charge < -0.3 is 29.6 Å². The molecule has 0 aliphatic carbocycles. The van der Waals surface area contributed by atoms with E-state index >= 15 is 0 Å². The second-order valence-corrected chi connectivity index (χ2v) is 10.6. The molecular weight excluding hydrogens is 539 g/mol. The van der Waals surface area contributed by atoms with Crippen LogP contribution >= 0.6 is 12.4 Å². The molecule has 1 aliphatic rings. The van der Waals surface area contributed by atoms with E-state index < -0.39 is 11.8 Å². The maximum atomic E-state index is 14.8. The lowest BCUT2D eigenvalue weighted by Gasteiger charge is -2.26. The molecule has 0 bridgehead atoms. The summed E-state index contributed by atoms with van der Waals surface area (Å²) in [5.74, 6) is 1.29. The van der Waals surface area contributed by atoms with Crippen LogP contribution < -0.4 is 24.8 Å². The third kappa shape index (κ3) is 8.84. The average Bonchev–Trinajstić information content (AvgIpc) is 2.90. The Morgan fingerprint density at radius 1 is 1.10 bits per heavy atom. The van der Waals surface area contributed by atoms with Crippen molar-refractivity contribution in [1.82, 2.24) is 15.2 Å². The van der Waals surface area contributed by atoms with Crippen LogP contribution in [0.3, 0.4) is 0 Å². The van der Waals surface area contributed by atoms with E-state index in [0.29, 0.717) is 41.3 Å². The fourth-order valence-corrected chi connectivity index (χ4v) is 4.10. The summed E-state index contributed by atoms with van der Waals surface area (Å²) >= 11 is 0. The second-order valence-electron chi connectivity index (χ2n) is 10.6. The van der Waals surface area contributed by atoms with Gasteiger partial charge in [-0.15, -0.1) is 12.4 Å². The third-order valence-electron chi connectivity index (χ3n) is 6.33. The molecular formula is C29H38ClFN4O5. The number of fused-ring (bicyclic) bond motifs is 1. The maximum absolute atomic E-state index is 14.8. The standard InChI is InChI=1S/C29H37FN4O5.ClH/c1-29(2,3)8-10-32-28(35)33-23-6-5-20(17-22(23)30)39-25-7-9-31-24-19-27(26(36-4)18-21(24)25)38-16-13-34-11-14-37-15-12-34;/h5-7,9,17-19H,8,10-16H2,1-4H3,(H2,32,33,35);1H. The molecule has 0 spiro atoms. The molecule has 1 fully saturated rings. The SMILES string of the molecule is COc1cc2c(Oc3ccc(NC(=O)NCCC(C)(C)C)c(F)c3)ccnc2cc1OCCN1CCOCC1.Cl. The van der Waals surface area contributed by atoms with Gasteiger partial charge in [0, 0.05) is 49.9 Å². The fourth-order valence-electron chi connectivity index (χ4n) is 4.10. The summed E-state index contributed by atoms with van der Waals surface area (Å²) < 4.78 is 37.8. The molecule has 2 N–H and O–H groups in total. The van der Waals surface area contributed by atoms with E-state index in [9.17, 15) is 9.18 Å². The number of methoxy groups -OCH3 is 1. The van der Waals surface area contributed by atoms with E-state index in [0.717, 1.165) is 39.3 Å². The molecule has 11 heteroatoms. The first-order chi connectivity index (χ1) is 18.7. The van der Waals surface area contributed by atoms with E-state index in [2.05, 4.69) is 41.3 Å². The van der Waals surface area contributed by atoms with Crippen LogP contribution in [0.25, 0.3) is 10.9 Å². The van der Waals surface area contributed by atoms with Crippen molar-refractivity contribution in [3.05, 3.63) is 48.4 Å². The van der Waals surface area contributed by atoms with Crippen molar-refractivity contribution in [3.8, 4) is 23.0 Å². The molecule has 2 heterocycles. The normalized spacial score (nSPS) is 13.8. The van der Waals surface area contributed by atoms with Crippen LogP contribution in [0.2, 0.25) is 0 Å². The van der Waals surface area contributed by atoms with Gasteiger partial charge in [0.1, 0.15) is 23.9 Å². The van der Waals surface area contributed by atoms with Gasteiger partial charge in [-0.05, 0) is 36.1 Å². The molecule has 4 rings (SSSR count). The van der Waals surface area contributed by atoms with Gasteiger partial charge in [-0.3, -0.25) is 9.88 Å². The highest BCUT2D eigenvalue weighted by atomic mass is 35.5. The van der Waals surface area contributed by atoms with E-state index in [4.69, 9.17) is 18.9 Å². The molecule has 9 nitrogen and oxygen atoms in total. The molecule has 0 saturated carbocycles. The first-order valence-corrected chi connectivity index (χ1v) is 13.1. The predicted octanol–water partition coefficient (Wildman–Crippen LogP) is 5.87. The van der Waals surface area contributed by atoms with Gasteiger partial charge in [-0.1, -0.05) is 20.8 Å². The van der Waals surface area contributed by atoms with Crippen molar-refractivity contribution in [2.75, 3.05) is 58.4 Å². The molecule has 40 heavy (non-hydrogen) atoms. The van der Waals surface area contributed by atoms with Crippen molar-refractivity contribution in [1.29, 1.82) is 0 Å². The smallest absolute Gasteiger partial charge is 0.319 e. The Bertz CT molecular complexity index is 1280. The topological polar surface area (TPSA) is 94.2 Å². The van der Waals surface area contributed by atoms with Gasteiger partial charge in [0.2, 0.25) is 0 Å². The zero-order valence-electron chi connectivity index (χ0n) is 23.4. The fraction of sp³-hybridized carbons (Fsp3) is 0.448. The lowest BCUT2D eigenvalue weighted by atomic mass is 9.92. The molecule has 1 saturated heterocycles. The Hall–Kier alpha value is -3.34. The van der Waals surface area contributed by atoms with Crippen molar-refractivity contribution in [3.63, 3.8) is 0 Å². The van der Waals surface area contributed by atoms with Crippen LogP contribution in [0.1, 0.15) is 27.2 Å². The van der Waals surface area contributed by atoms with Crippen LogP contribution in [0.15, 0.2) is 42.6 Å². The summed E-state index contributed by atoms with van der Waals surface area (Å²) in [4.78, 5) is 18.9. The van der Waals surface area contributed by atoms with Crippen LogP contribution in [-0.4, -0.2) is 69.0 Å². The van der Waals surface area contributed by atoms with Gasteiger partial charge in [0.05, 0.1) is 31.5 Å². The lowest BCUT2D eigenvalue weighted by molar-refractivity contribution is 0.0321. The third-order valence-corrected chi connectivity index (χ3v) is 6.33. The number of urea groups is 1. The zero-order chi connectivity index (χ0) is 27.8. The van der Waals surface area contributed by atoms with Gasteiger partial charge in [-0.2, -0.15) is 0 Å². The highest BCUT2D eigenvalue weighted by molar-refractivity contribution is 5.90. The number of morpholine rings is 1. The number of pyridine rings is 1. The molecule has 0 radical (unpaired) electrons. The van der Waals surface area contributed by atoms with E-state index in [1.807, 2.05) is 6.07 Å². The molecule has 3 aromatic rings. The number of halogens is 2. The quantitative estimate of drug-likeness (QED) is 0.312. The summed E-state index contributed by atoms with van der Waals surface area (Å²) in [6.45, 7) is 11.3. The summed E-state index contributed by atoms with van der Waals surface area (Å²) in [7, 11) is 1.58. The Morgan fingerprint density at radius 3 is 2.58 bits per heavy atom. The number of benzene rings is 2. The minimum Gasteiger partial charge on any atom is -0.493 e. The summed E-state index contributed by atoms with van der Waals surface area (Å²) in [5.41, 5.74) is 0.812. The average molecular weight is 577 g/mol. The Kier molecular flexibility index (Phi) is 11.2. The number of ether oxygens (including phenoxy) is 4. The van der Waals surface area contributed by atoms with Crippen molar-refractivity contribution >= 4 is 35.0 Å². The Balaban J connectivity index is 0.00000441. The predicted molar refractivity (Wildman–Crippen MR) is 156 cm³/mol. The Labute approximate surface area is 240 Å². The number of carbonyl (C=O) groups is 1. The Morgan fingerprint density at radius 2 is 1.88 bits per heavy atom. The van der Waals surface area contributed by atoms with Crippen molar-refractivity contribution in [2.24, 2.45) is 5.41 Å². The summed E-state index contributed by atoms with van der Waals surface area (Å²) in [5, 5.41) is 5.99. The van der Waals surface area contributed by atoms with Crippen LogP contribution in [0.4, 0.5) is 14.9 Å². The molecule has 1 aliphatic heterocycles. The molecule has 1 aromatic heterocycles. The van der Waals surface area contributed by atoms with Gasteiger partial charge in [0.15, 0.2) is 11.5 Å². The molecule has 2 amide bonds. The monoisotopic (exact) mass is 576 g/mol. The molecule has 2 aromatic carbocycles. The number of nitrogens with one attached hydrogen (secondary N) is 2. The highest BCUT2D eigenvalue weighted by Gasteiger charge is 2.16. The first kappa shape index (κ1) is 31.2. The number of hydrogen-bond acceptors (Lipinski definition) is 7. The molecule has 0 unspecified atom stereocenters. The second kappa shape index (κ2) is 14.3. The first-order valence-electron chi connectivity index (χ1n) is 13.1. The number of hydrogen-bond donors (Lipinski definition) is 2. The number of aromatic nitrogens is 1. The number of anilines is 1. The van der Waals surface area contributed by atoms with Gasteiger partial charge >= 0.3 is 6.03 Å². The van der Waals surface area contributed by atoms with E-state index in [1.54, 1.807) is 31.5 Å². The number of rotatable bonds is 10. The highest BCUT2D eigenvalue weighted by Crippen LogP contribution is 2.37. The molecule has 0 atom stereocenters. The maximum Gasteiger partial charge on any atom is 0.319 e. The largest absolute Gasteiger partial charge is 0.493 e. The van der Waals surface area contributed by atoms with Gasteiger partial charge in [-0.25, -0.2) is 9.18 Å². The van der Waals surface area contributed by atoms with Crippen LogP contribution in [-0.2, 0) is 4.74 Å². The number of amides is 2. The van der Waals surface area contributed by atoms with Gasteiger partial charge in [0.25, 0.3) is 0 Å². The lowest BCUT2D eigenvalue weighted by Crippen LogP contribution is -2.38. The number of nitrogens with zero attached hydrogens (tertiary/aromatic N) is 2. The number of carbonyl (C=O) groups excluding carboxylic acids is 1. The van der Waals surface area contributed by atoms with Crippen molar-refractivity contribution in [2.45, 2.75) is 27.2 Å². The van der Waals surface area contributed by atoms with Crippen molar-refractivity contribution < 1.29 is 28.1 Å².